The third kappa shape index (κ3) is 3.63. The van der Waals surface area contributed by atoms with Crippen LogP contribution < -0.4 is 4.90 Å². The maximum absolute atomic E-state index is 11.9. The lowest BCUT2D eigenvalue weighted by Crippen LogP contribution is -2.48. The monoisotopic (exact) mass is 340 g/mol. The highest BCUT2D eigenvalue weighted by Crippen LogP contribution is 2.42. The highest BCUT2D eigenvalue weighted by Gasteiger charge is 2.38. The number of nitrogens with zero attached hydrogens (tertiary/aromatic N) is 2. The van der Waals surface area contributed by atoms with Crippen molar-refractivity contribution >= 4 is 24.0 Å². The summed E-state index contributed by atoms with van der Waals surface area (Å²) in [5.41, 5.74) is 3.18. The Morgan fingerprint density at radius 3 is 2.32 bits per heavy atom. The number of carbonyl (C=O) groups is 2. The van der Waals surface area contributed by atoms with Gasteiger partial charge in [-0.1, -0.05) is 19.6 Å². The van der Waals surface area contributed by atoms with Gasteiger partial charge in [0, 0.05) is 43.9 Å². The zero-order valence-electron chi connectivity index (χ0n) is 15.2. The van der Waals surface area contributed by atoms with Crippen LogP contribution in [0.5, 0.6) is 0 Å². The highest BCUT2D eigenvalue weighted by molar-refractivity contribution is 5.83. The summed E-state index contributed by atoms with van der Waals surface area (Å²) in [7, 11) is 0. The lowest BCUT2D eigenvalue weighted by atomic mass is 9.71. The molecule has 0 bridgehead atoms. The van der Waals surface area contributed by atoms with Crippen LogP contribution in [0, 0.1) is 5.41 Å². The standard InChI is InChI=1S/C21H28N2O2/c1-3-17-15-19(6-5-18(17)16-24)22-11-7-21(8-12-22)9-13-23(14-10-21)20(25)4-2/h3,5-6,15-16H,1,4,7-14H2,2H3. The van der Waals surface area contributed by atoms with Gasteiger partial charge in [-0.3, -0.25) is 9.59 Å². The minimum Gasteiger partial charge on any atom is -0.371 e. The molecule has 4 heteroatoms. The van der Waals surface area contributed by atoms with Crippen LogP contribution in [0.2, 0.25) is 0 Å². The third-order valence-corrected chi connectivity index (χ3v) is 6.09. The van der Waals surface area contributed by atoms with E-state index in [-0.39, 0.29) is 0 Å². The average Bonchev–Trinajstić information content (AvgIpc) is 2.68. The first kappa shape index (κ1) is 17.7. The summed E-state index contributed by atoms with van der Waals surface area (Å²) in [5.74, 6) is 0.291. The van der Waals surface area contributed by atoms with Crippen LogP contribution >= 0.6 is 0 Å². The van der Waals surface area contributed by atoms with Crippen molar-refractivity contribution in [2.45, 2.75) is 39.0 Å². The summed E-state index contributed by atoms with van der Waals surface area (Å²) in [6.07, 6.45) is 7.88. The van der Waals surface area contributed by atoms with Gasteiger partial charge in [0.05, 0.1) is 0 Å². The topological polar surface area (TPSA) is 40.6 Å². The van der Waals surface area contributed by atoms with Gasteiger partial charge in [-0.25, -0.2) is 0 Å². The summed E-state index contributed by atoms with van der Waals surface area (Å²) in [6.45, 7) is 9.67. The SMILES string of the molecule is C=Cc1cc(N2CCC3(CCN(C(=O)CC)CC3)CC2)ccc1C=O. The molecule has 0 radical (unpaired) electrons. The fraction of sp³-hybridized carbons (Fsp3) is 0.524. The van der Waals surface area contributed by atoms with Gasteiger partial charge in [0.15, 0.2) is 6.29 Å². The molecular formula is C21H28N2O2. The maximum Gasteiger partial charge on any atom is 0.222 e. The molecule has 1 spiro atoms. The summed E-state index contributed by atoms with van der Waals surface area (Å²) >= 11 is 0. The first-order valence-corrected chi connectivity index (χ1v) is 9.35. The van der Waals surface area contributed by atoms with Gasteiger partial charge in [0.2, 0.25) is 5.91 Å². The molecule has 0 unspecified atom stereocenters. The summed E-state index contributed by atoms with van der Waals surface area (Å²) in [5, 5.41) is 0. The Balaban J connectivity index is 1.62. The van der Waals surface area contributed by atoms with E-state index in [1.807, 2.05) is 24.0 Å². The molecule has 25 heavy (non-hydrogen) atoms. The molecule has 2 aliphatic heterocycles. The number of hydrogen-bond donors (Lipinski definition) is 0. The van der Waals surface area contributed by atoms with Crippen molar-refractivity contribution in [2.75, 3.05) is 31.1 Å². The lowest BCUT2D eigenvalue weighted by Gasteiger charge is -2.47. The number of aldehydes is 1. The van der Waals surface area contributed by atoms with E-state index in [9.17, 15) is 9.59 Å². The molecule has 2 aliphatic rings. The Labute approximate surface area is 150 Å². The predicted octanol–water partition coefficient (Wildman–Crippen LogP) is 3.76. The first-order chi connectivity index (χ1) is 12.1. The Kier molecular flexibility index (Phi) is 5.26. The molecule has 0 atom stereocenters. The molecular weight excluding hydrogens is 312 g/mol. The molecule has 2 fully saturated rings. The van der Waals surface area contributed by atoms with E-state index in [0.29, 0.717) is 23.3 Å². The average molecular weight is 340 g/mol. The van der Waals surface area contributed by atoms with Gasteiger partial charge in [0.25, 0.3) is 0 Å². The van der Waals surface area contributed by atoms with E-state index in [4.69, 9.17) is 0 Å². The smallest absolute Gasteiger partial charge is 0.222 e. The fourth-order valence-electron chi connectivity index (χ4n) is 4.24. The molecule has 1 aromatic carbocycles. The van der Waals surface area contributed by atoms with Crippen LogP contribution in [-0.2, 0) is 4.79 Å². The number of rotatable bonds is 4. The third-order valence-electron chi connectivity index (χ3n) is 6.09. The summed E-state index contributed by atoms with van der Waals surface area (Å²) < 4.78 is 0. The number of hydrogen-bond acceptors (Lipinski definition) is 3. The number of likely N-dealkylation sites (tertiary alicyclic amines) is 1. The highest BCUT2D eigenvalue weighted by atomic mass is 16.2. The molecule has 2 heterocycles. The van der Waals surface area contributed by atoms with Gasteiger partial charge in [0.1, 0.15) is 0 Å². The van der Waals surface area contributed by atoms with Crippen molar-refractivity contribution in [3.63, 3.8) is 0 Å². The number of amides is 1. The molecule has 1 amide bonds. The van der Waals surface area contributed by atoms with Gasteiger partial charge in [-0.15, -0.1) is 0 Å². The Morgan fingerprint density at radius 2 is 1.76 bits per heavy atom. The summed E-state index contributed by atoms with van der Waals surface area (Å²) in [6, 6.07) is 5.99. The van der Waals surface area contributed by atoms with Gasteiger partial charge >= 0.3 is 0 Å². The largest absolute Gasteiger partial charge is 0.371 e. The van der Waals surface area contributed by atoms with Gasteiger partial charge < -0.3 is 9.80 Å². The van der Waals surface area contributed by atoms with Crippen molar-refractivity contribution in [1.82, 2.24) is 4.90 Å². The molecule has 0 aromatic heterocycles. The van der Waals surface area contributed by atoms with Crippen molar-refractivity contribution < 1.29 is 9.59 Å². The van der Waals surface area contributed by atoms with Crippen LogP contribution in [-0.4, -0.2) is 43.3 Å². The van der Waals surface area contributed by atoms with Crippen LogP contribution in [0.15, 0.2) is 24.8 Å². The van der Waals surface area contributed by atoms with E-state index >= 15 is 0 Å². The molecule has 0 aliphatic carbocycles. The quantitative estimate of drug-likeness (QED) is 0.784. The molecule has 134 valence electrons. The second-order valence-corrected chi connectivity index (χ2v) is 7.36. The Morgan fingerprint density at radius 1 is 1.12 bits per heavy atom. The normalized spacial score (nSPS) is 19.7. The van der Waals surface area contributed by atoms with Crippen LogP contribution in [0.3, 0.4) is 0 Å². The first-order valence-electron chi connectivity index (χ1n) is 9.35. The van der Waals surface area contributed by atoms with E-state index < -0.39 is 0 Å². The second-order valence-electron chi connectivity index (χ2n) is 7.36. The zero-order valence-corrected chi connectivity index (χ0v) is 15.2. The van der Waals surface area contributed by atoms with Crippen LogP contribution in [0.25, 0.3) is 6.08 Å². The molecule has 0 saturated carbocycles. The molecule has 1 aromatic rings. The van der Waals surface area contributed by atoms with E-state index in [1.54, 1.807) is 6.08 Å². The van der Waals surface area contributed by atoms with Crippen LogP contribution in [0.4, 0.5) is 5.69 Å². The maximum atomic E-state index is 11.9. The second kappa shape index (κ2) is 7.42. The number of benzene rings is 1. The van der Waals surface area contributed by atoms with E-state index in [0.717, 1.165) is 50.9 Å². The van der Waals surface area contributed by atoms with Crippen molar-refractivity contribution in [3.05, 3.63) is 35.9 Å². The van der Waals surface area contributed by atoms with Gasteiger partial charge in [-0.05, 0) is 54.9 Å². The van der Waals surface area contributed by atoms with E-state index in [1.165, 1.54) is 18.5 Å². The van der Waals surface area contributed by atoms with E-state index in [2.05, 4.69) is 17.5 Å². The zero-order chi connectivity index (χ0) is 17.9. The van der Waals surface area contributed by atoms with Crippen molar-refractivity contribution in [2.24, 2.45) is 5.41 Å². The van der Waals surface area contributed by atoms with Gasteiger partial charge in [-0.2, -0.15) is 0 Å². The number of piperidine rings is 2. The molecule has 2 saturated heterocycles. The minimum absolute atomic E-state index is 0.291. The fourth-order valence-corrected chi connectivity index (χ4v) is 4.24. The molecule has 4 nitrogen and oxygen atoms in total. The van der Waals surface area contributed by atoms with Crippen molar-refractivity contribution in [1.29, 1.82) is 0 Å². The summed E-state index contributed by atoms with van der Waals surface area (Å²) in [4.78, 5) is 27.4. The Bertz CT molecular complexity index is 650. The number of anilines is 1. The Hall–Kier alpha value is -2.10. The minimum atomic E-state index is 0.291. The van der Waals surface area contributed by atoms with Crippen molar-refractivity contribution in [3.8, 4) is 0 Å². The number of carbonyl (C=O) groups excluding carboxylic acids is 2. The molecule has 3 rings (SSSR count). The predicted molar refractivity (Wildman–Crippen MR) is 102 cm³/mol. The molecule has 0 N–H and O–H groups in total. The van der Waals surface area contributed by atoms with Crippen LogP contribution in [0.1, 0.15) is 54.9 Å². The lowest BCUT2D eigenvalue weighted by molar-refractivity contribution is -0.133.